The van der Waals surface area contributed by atoms with Crippen LogP contribution in [0, 0.1) is 11.8 Å². The van der Waals surface area contributed by atoms with E-state index in [4.69, 9.17) is 0 Å². The summed E-state index contributed by atoms with van der Waals surface area (Å²) in [6.07, 6.45) is 4.54. The van der Waals surface area contributed by atoms with Gasteiger partial charge in [0.2, 0.25) is 5.91 Å². The van der Waals surface area contributed by atoms with Crippen LogP contribution in [-0.4, -0.2) is 25.5 Å². The molecule has 0 bridgehead atoms. The van der Waals surface area contributed by atoms with Crippen LogP contribution in [-0.2, 0) is 4.79 Å². The minimum absolute atomic E-state index is 0.194. The van der Waals surface area contributed by atoms with Crippen molar-refractivity contribution < 1.29 is 4.79 Å². The molecule has 1 aliphatic heterocycles. The van der Waals surface area contributed by atoms with Gasteiger partial charge in [0, 0.05) is 13.1 Å². The van der Waals surface area contributed by atoms with Crippen molar-refractivity contribution in [3.63, 3.8) is 0 Å². The topological polar surface area (TPSA) is 41.1 Å². The Labute approximate surface area is 93.0 Å². The molecule has 1 heterocycles. The van der Waals surface area contributed by atoms with E-state index in [9.17, 15) is 4.79 Å². The van der Waals surface area contributed by atoms with E-state index in [2.05, 4.69) is 24.5 Å². The summed E-state index contributed by atoms with van der Waals surface area (Å²) in [6.45, 7) is 7.18. The lowest BCUT2D eigenvalue weighted by atomic mass is 10.0. The second-order valence-electron chi connectivity index (χ2n) is 4.87. The molecule has 1 aliphatic rings. The molecule has 3 nitrogen and oxygen atoms in total. The molecule has 0 radical (unpaired) electrons. The number of carbonyl (C=O) groups is 1. The molecule has 1 unspecified atom stereocenters. The fraction of sp³-hybridized carbons (Fsp3) is 0.917. The summed E-state index contributed by atoms with van der Waals surface area (Å²) in [6, 6.07) is 0. The fourth-order valence-corrected chi connectivity index (χ4v) is 1.86. The number of carbonyl (C=O) groups excluding carboxylic acids is 1. The van der Waals surface area contributed by atoms with E-state index in [-0.39, 0.29) is 11.8 Å². The molecule has 0 aliphatic carbocycles. The van der Waals surface area contributed by atoms with Gasteiger partial charge in [0.25, 0.3) is 0 Å². The van der Waals surface area contributed by atoms with Gasteiger partial charge in [0.1, 0.15) is 0 Å². The Morgan fingerprint density at radius 2 is 2.27 bits per heavy atom. The standard InChI is InChI=1S/C12H24N2O/c1-10(2)6-8-13-9-11-5-3-4-7-14-12(11)15/h10-11,13H,3-9H2,1-2H3,(H,14,15). The largest absolute Gasteiger partial charge is 0.356 e. The smallest absolute Gasteiger partial charge is 0.224 e. The van der Waals surface area contributed by atoms with Crippen LogP contribution < -0.4 is 10.6 Å². The molecular weight excluding hydrogens is 188 g/mol. The summed E-state index contributed by atoms with van der Waals surface area (Å²) in [7, 11) is 0. The summed E-state index contributed by atoms with van der Waals surface area (Å²) in [5, 5.41) is 6.35. The number of rotatable bonds is 5. The van der Waals surface area contributed by atoms with E-state index < -0.39 is 0 Å². The first-order valence-electron chi connectivity index (χ1n) is 6.18. The molecule has 0 aromatic heterocycles. The van der Waals surface area contributed by atoms with Gasteiger partial charge in [0.05, 0.1) is 5.92 Å². The Morgan fingerprint density at radius 3 is 3.00 bits per heavy atom. The molecule has 0 saturated carbocycles. The predicted octanol–water partition coefficient (Wildman–Crippen LogP) is 1.54. The van der Waals surface area contributed by atoms with E-state index in [1.54, 1.807) is 0 Å². The first-order valence-corrected chi connectivity index (χ1v) is 6.18. The average Bonchev–Trinajstić information content (AvgIpc) is 2.38. The molecule has 1 amide bonds. The molecule has 15 heavy (non-hydrogen) atoms. The van der Waals surface area contributed by atoms with Crippen molar-refractivity contribution in [3.05, 3.63) is 0 Å². The van der Waals surface area contributed by atoms with Gasteiger partial charge in [-0.05, 0) is 31.7 Å². The van der Waals surface area contributed by atoms with Crippen molar-refractivity contribution in [2.75, 3.05) is 19.6 Å². The van der Waals surface area contributed by atoms with Crippen LogP contribution in [0.15, 0.2) is 0 Å². The first kappa shape index (κ1) is 12.5. The zero-order valence-electron chi connectivity index (χ0n) is 10.0. The van der Waals surface area contributed by atoms with Crippen LogP contribution in [0.2, 0.25) is 0 Å². The van der Waals surface area contributed by atoms with Crippen LogP contribution in [0.1, 0.15) is 39.5 Å². The number of hydrogen-bond acceptors (Lipinski definition) is 2. The number of hydrogen-bond donors (Lipinski definition) is 2. The van der Waals surface area contributed by atoms with Crippen LogP contribution in [0.5, 0.6) is 0 Å². The summed E-state index contributed by atoms with van der Waals surface area (Å²) < 4.78 is 0. The molecule has 3 heteroatoms. The second-order valence-corrected chi connectivity index (χ2v) is 4.87. The third-order valence-corrected chi connectivity index (χ3v) is 2.94. The zero-order valence-corrected chi connectivity index (χ0v) is 10.0. The fourth-order valence-electron chi connectivity index (χ4n) is 1.86. The minimum atomic E-state index is 0.194. The van der Waals surface area contributed by atoms with Crippen molar-refractivity contribution in [1.29, 1.82) is 0 Å². The van der Waals surface area contributed by atoms with Crippen molar-refractivity contribution >= 4 is 5.91 Å². The van der Waals surface area contributed by atoms with Gasteiger partial charge in [-0.1, -0.05) is 20.3 Å². The molecule has 0 aromatic carbocycles. The molecule has 1 rings (SSSR count). The second kappa shape index (κ2) is 6.83. The normalized spacial score (nSPS) is 22.6. The molecule has 88 valence electrons. The average molecular weight is 212 g/mol. The van der Waals surface area contributed by atoms with Gasteiger partial charge >= 0.3 is 0 Å². The maximum absolute atomic E-state index is 11.6. The van der Waals surface area contributed by atoms with Crippen molar-refractivity contribution in [2.45, 2.75) is 39.5 Å². The number of nitrogens with one attached hydrogen (secondary N) is 2. The minimum Gasteiger partial charge on any atom is -0.356 e. The maximum Gasteiger partial charge on any atom is 0.224 e. The Balaban J connectivity index is 2.15. The summed E-state index contributed by atoms with van der Waals surface area (Å²) in [4.78, 5) is 11.6. The SMILES string of the molecule is CC(C)CCNCC1CCCCNC1=O. The molecule has 0 aromatic rings. The summed E-state index contributed by atoms with van der Waals surface area (Å²) in [5.41, 5.74) is 0. The van der Waals surface area contributed by atoms with Gasteiger partial charge in [-0.2, -0.15) is 0 Å². The third kappa shape index (κ3) is 5.17. The highest BCUT2D eigenvalue weighted by Crippen LogP contribution is 2.11. The van der Waals surface area contributed by atoms with E-state index in [1.165, 1.54) is 12.8 Å². The van der Waals surface area contributed by atoms with Crippen molar-refractivity contribution in [1.82, 2.24) is 10.6 Å². The molecule has 1 fully saturated rings. The quantitative estimate of drug-likeness (QED) is 0.679. The molecule has 1 atom stereocenters. The van der Waals surface area contributed by atoms with E-state index >= 15 is 0 Å². The molecule has 2 N–H and O–H groups in total. The Bertz CT molecular complexity index is 192. The molecular formula is C12H24N2O. The Morgan fingerprint density at radius 1 is 1.47 bits per heavy atom. The summed E-state index contributed by atoms with van der Waals surface area (Å²) in [5.74, 6) is 1.17. The van der Waals surface area contributed by atoms with Crippen LogP contribution >= 0.6 is 0 Å². The monoisotopic (exact) mass is 212 g/mol. The first-order chi connectivity index (χ1) is 7.20. The molecule has 0 spiro atoms. The van der Waals surface area contributed by atoms with Gasteiger partial charge in [-0.3, -0.25) is 4.79 Å². The summed E-state index contributed by atoms with van der Waals surface area (Å²) >= 11 is 0. The highest BCUT2D eigenvalue weighted by molar-refractivity contribution is 5.79. The zero-order chi connectivity index (χ0) is 11.1. The molecule has 1 saturated heterocycles. The van der Waals surface area contributed by atoms with E-state index in [0.29, 0.717) is 0 Å². The number of amides is 1. The third-order valence-electron chi connectivity index (χ3n) is 2.94. The Hall–Kier alpha value is -0.570. The van der Waals surface area contributed by atoms with Crippen molar-refractivity contribution in [3.8, 4) is 0 Å². The van der Waals surface area contributed by atoms with Crippen LogP contribution in [0.4, 0.5) is 0 Å². The van der Waals surface area contributed by atoms with Crippen molar-refractivity contribution in [2.24, 2.45) is 11.8 Å². The lowest BCUT2D eigenvalue weighted by Crippen LogP contribution is -2.35. The maximum atomic E-state index is 11.6. The predicted molar refractivity (Wildman–Crippen MR) is 62.7 cm³/mol. The van der Waals surface area contributed by atoms with Crippen LogP contribution in [0.25, 0.3) is 0 Å². The highest BCUT2D eigenvalue weighted by atomic mass is 16.1. The van der Waals surface area contributed by atoms with Gasteiger partial charge < -0.3 is 10.6 Å². The van der Waals surface area contributed by atoms with E-state index in [0.717, 1.165) is 38.4 Å². The Kier molecular flexibility index (Phi) is 5.69. The highest BCUT2D eigenvalue weighted by Gasteiger charge is 2.19. The van der Waals surface area contributed by atoms with Crippen LogP contribution in [0.3, 0.4) is 0 Å². The van der Waals surface area contributed by atoms with Gasteiger partial charge in [0.15, 0.2) is 0 Å². The van der Waals surface area contributed by atoms with E-state index in [1.807, 2.05) is 0 Å². The lowest BCUT2D eigenvalue weighted by Gasteiger charge is -2.14. The lowest BCUT2D eigenvalue weighted by molar-refractivity contribution is -0.124. The van der Waals surface area contributed by atoms with Gasteiger partial charge in [-0.25, -0.2) is 0 Å². The van der Waals surface area contributed by atoms with Gasteiger partial charge in [-0.15, -0.1) is 0 Å².